The van der Waals surface area contributed by atoms with Crippen molar-refractivity contribution >= 4 is 18.8 Å². The molecular formula is C11H17N4O5P. The fourth-order valence-electron chi connectivity index (χ4n) is 2.17. The van der Waals surface area contributed by atoms with Gasteiger partial charge in [0.05, 0.1) is 6.33 Å². The van der Waals surface area contributed by atoms with Gasteiger partial charge in [-0.2, -0.15) is 0 Å². The molecular weight excluding hydrogens is 299 g/mol. The van der Waals surface area contributed by atoms with E-state index in [0.717, 1.165) is 4.57 Å². The Bertz CT molecular complexity index is 827. The minimum atomic E-state index is -3.99. The molecule has 0 aromatic carbocycles. The van der Waals surface area contributed by atoms with Crippen LogP contribution in [0.4, 0.5) is 0 Å². The summed E-state index contributed by atoms with van der Waals surface area (Å²) < 4.78 is 14.7. The third kappa shape index (κ3) is 3.15. The van der Waals surface area contributed by atoms with Crippen molar-refractivity contribution in [1.82, 2.24) is 18.7 Å². The van der Waals surface area contributed by atoms with Gasteiger partial charge >= 0.3 is 13.3 Å². The quantitative estimate of drug-likeness (QED) is 0.561. The van der Waals surface area contributed by atoms with Crippen molar-refractivity contribution in [3.8, 4) is 0 Å². The Morgan fingerprint density at radius 2 is 1.86 bits per heavy atom. The lowest BCUT2D eigenvalue weighted by atomic mass is 10.3. The number of nitrogens with zero attached hydrogens (tertiary/aromatic N) is 4. The molecule has 0 radical (unpaired) electrons. The second kappa shape index (κ2) is 5.59. The molecule has 2 heterocycles. The fraction of sp³-hybridized carbons (Fsp3) is 0.545. The van der Waals surface area contributed by atoms with Crippen molar-refractivity contribution in [2.45, 2.75) is 19.4 Å². The summed E-state index contributed by atoms with van der Waals surface area (Å²) in [6, 6.07) is 0. The highest BCUT2D eigenvalue weighted by Crippen LogP contribution is 2.35. The summed E-state index contributed by atoms with van der Waals surface area (Å²) in [6.07, 6.45) is 2.12. The molecule has 0 aliphatic heterocycles. The number of fused-ring (bicyclic) bond motifs is 1. The maximum atomic E-state index is 12.1. The number of aryl methyl sites for hydroxylation is 2. The molecule has 21 heavy (non-hydrogen) atoms. The Balaban J connectivity index is 2.29. The van der Waals surface area contributed by atoms with Gasteiger partial charge in [0.25, 0.3) is 5.56 Å². The normalized spacial score (nSPS) is 12.2. The zero-order valence-corrected chi connectivity index (χ0v) is 12.7. The summed E-state index contributed by atoms with van der Waals surface area (Å²) >= 11 is 0. The molecule has 9 nitrogen and oxygen atoms in total. The molecule has 0 amide bonds. The molecule has 0 saturated carbocycles. The van der Waals surface area contributed by atoms with Gasteiger partial charge < -0.3 is 14.4 Å². The number of rotatable bonds is 5. The molecule has 0 atom stereocenters. The Hall–Kier alpha value is -1.70. The topological polar surface area (TPSA) is 119 Å². The number of hydrogen-bond donors (Lipinski definition) is 2. The lowest BCUT2D eigenvalue weighted by Gasteiger charge is -2.07. The lowest BCUT2D eigenvalue weighted by molar-refractivity contribution is 0.370. The van der Waals surface area contributed by atoms with Crippen LogP contribution in [0.15, 0.2) is 15.9 Å². The second-order valence-electron chi connectivity index (χ2n) is 4.91. The highest BCUT2D eigenvalue weighted by Gasteiger charge is 2.15. The van der Waals surface area contributed by atoms with E-state index in [9.17, 15) is 14.2 Å². The van der Waals surface area contributed by atoms with Crippen LogP contribution < -0.4 is 11.2 Å². The van der Waals surface area contributed by atoms with Crippen LogP contribution in [0.3, 0.4) is 0 Å². The van der Waals surface area contributed by atoms with Crippen molar-refractivity contribution < 1.29 is 14.4 Å². The van der Waals surface area contributed by atoms with Crippen molar-refractivity contribution in [3.05, 3.63) is 27.2 Å². The maximum Gasteiger partial charge on any atom is 0.332 e. The molecule has 0 fully saturated rings. The SMILES string of the molecule is Cn1c(=O)c2c(ncn2CCCCP(=O)(O)O)n(C)c1=O. The monoisotopic (exact) mass is 316 g/mol. The highest BCUT2D eigenvalue weighted by atomic mass is 31.2. The first-order valence-corrected chi connectivity index (χ1v) is 8.17. The van der Waals surface area contributed by atoms with Crippen LogP contribution in [-0.2, 0) is 25.2 Å². The average Bonchev–Trinajstić information content (AvgIpc) is 2.82. The molecule has 0 saturated heterocycles. The van der Waals surface area contributed by atoms with Crippen molar-refractivity contribution in [1.29, 1.82) is 0 Å². The van der Waals surface area contributed by atoms with E-state index in [2.05, 4.69) is 4.98 Å². The van der Waals surface area contributed by atoms with Crippen molar-refractivity contribution in [3.63, 3.8) is 0 Å². The average molecular weight is 316 g/mol. The standard InChI is InChI=1S/C11H17N4O5P/c1-13-9-8(10(16)14(2)11(13)17)15(7-12-9)5-3-4-6-21(18,19)20/h7H,3-6H2,1-2H3,(H2,18,19,20). The molecule has 0 unspecified atom stereocenters. The van der Waals surface area contributed by atoms with E-state index >= 15 is 0 Å². The Morgan fingerprint density at radius 3 is 2.48 bits per heavy atom. The smallest absolute Gasteiger partial charge is 0.325 e. The number of hydrogen-bond acceptors (Lipinski definition) is 4. The maximum absolute atomic E-state index is 12.1. The van der Waals surface area contributed by atoms with Gasteiger partial charge in [-0.05, 0) is 12.8 Å². The zero-order valence-electron chi connectivity index (χ0n) is 11.8. The summed E-state index contributed by atoms with van der Waals surface area (Å²) in [6.45, 7) is 0.407. The van der Waals surface area contributed by atoms with E-state index in [0.29, 0.717) is 30.6 Å². The van der Waals surface area contributed by atoms with Crippen LogP contribution in [0, 0.1) is 0 Å². The van der Waals surface area contributed by atoms with Crippen LogP contribution in [0.2, 0.25) is 0 Å². The van der Waals surface area contributed by atoms with Gasteiger partial charge in [0, 0.05) is 26.8 Å². The first-order valence-electron chi connectivity index (χ1n) is 6.38. The molecule has 10 heteroatoms. The summed E-state index contributed by atoms with van der Waals surface area (Å²) in [7, 11) is -1.05. The summed E-state index contributed by atoms with van der Waals surface area (Å²) in [5.41, 5.74) is -0.256. The first-order chi connectivity index (χ1) is 9.72. The Labute approximate surface area is 119 Å². The largest absolute Gasteiger partial charge is 0.332 e. The van der Waals surface area contributed by atoms with E-state index in [1.165, 1.54) is 25.0 Å². The highest BCUT2D eigenvalue weighted by molar-refractivity contribution is 7.51. The van der Waals surface area contributed by atoms with Gasteiger partial charge in [0.1, 0.15) is 0 Å². The van der Waals surface area contributed by atoms with Crippen molar-refractivity contribution in [2.24, 2.45) is 14.1 Å². The number of aromatic nitrogens is 4. The van der Waals surface area contributed by atoms with Crippen molar-refractivity contribution in [2.75, 3.05) is 6.16 Å². The van der Waals surface area contributed by atoms with Crippen LogP contribution in [0.5, 0.6) is 0 Å². The zero-order chi connectivity index (χ0) is 15.8. The first kappa shape index (κ1) is 15.7. The summed E-state index contributed by atoms with van der Waals surface area (Å²) in [4.78, 5) is 45.6. The predicted molar refractivity (Wildman–Crippen MR) is 76.4 cm³/mol. The van der Waals surface area contributed by atoms with Gasteiger partial charge in [0.2, 0.25) is 0 Å². The molecule has 0 aliphatic rings. The number of imidazole rings is 1. The predicted octanol–water partition coefficient (Wildman–Crippen LogP) is -0.608. The number of unbranched alkanes of at least 4 members (excludes halogenated alkanes) is 1. The summed E-state index contributed by atoms with van der Waals surface area (Å²) in [5, 5.41) is 0. The molecule has 2 aromatic rings. The van der Waals surface area contributed by atoms with E-state index in [-0.39, 0.29) is 6.16 Å². The van der Waals surface area contributed by atoms with Crippen LogP contribution >= 0.6 is 7.60 Å². The van der Waals surface area contributed by atoms with Crippen LogP contribution in [0.1, 0.15) is 12.8 Å². The van der Waals surface area contributed by atoms with Gasteiger partial charge in [-0.25, -0.2) is 9.78 Å². The molecule has 0 aliphatic carbocycles. The molecule has 0 bridgehead atoms. The van der Waals surface area contributed by atoms with Gasteiger partial charge in [0.15, 0.2) is 11.2 Å². The van der Waals surface area contributed by atoms with Gasteiger partial charge in [-0.3, -0.25) is 18.5 Å². The minimum absolute atomic E-state index is 0.184. The second-order valence-corrected chi connectivity index (χ2v) is 6.69. The summed E-state index contributed by atoms with van der Waals surface area (Å²) in [5.74, 6) is 0. The van der Waals surface area contributed by atoms with E-state index in [1.54, 1.807) is 4.57 Å². The third-order valence-electron chi connectivity index (χ3n) is 3.32. The van der Waals surface area contributed by atoms with Crippen LogP contribution in [0.25, 0.3) is 11.2 Å². The molecule has 116 valence electrons. The molecule has 2 aromatic heterocycles. The Kier molecular flexibility index (Phi) is 4.18. The van der Waals surface area contributed by atoms with E-state index in [4.69, 9.17) is 9.79 Å². The fourth-order valence-corrected chi connectivity index (χ4v) is 2.80. The third-order valence-corrected chi connectivity index (χ3v) is 4.21. The minimum Gasteiger partial charge on any atom is -0.325 e. The molecule has 2 N–H and O–H groups in total. The van der Waals surface area contributed by atoms with E-state index < -0.39 is 18.8 Å². The molecule has 0 spiro atoms. The molecule has 2 rings (SSSR count). The Morgan fingerprint density at radius 1 is 1.19 bits per heavy atom. The van der Waals surface area contributed by atoms with Gasteiger partial charge in [-0.15, -0.1) is 0 Å². The van der Waals surface area contributed by atoms with Crippen LogP contribution in [-0.4, -0.2) is 34.6 Å². The van der Waals surface area contributed by atoms with Gasteiger partial charge in [-0.1, -0.05) is 0 Å². The lowest BCUT2D eigenvalue weighted by Crippen LogP contribution is -2.37. The van der Waals surface area contributed by atoms with E-state index in [1.807, 2.05) is 0 Å².